The molecule has 3 aromatic carbocycles. The summed E-state index contributed by atoms with van der Waals surface area (Å²) in [6.07, 6.45) is -9.38. The van der Waals surface area contributed by atoms with E-state index in [0.717, 1.165) is 11.1 Å². The number of phenolic OH excluding ortho intramolecular Hbond substituents is 1. The van der Waals surface area contributed by atoms with Crippen LogP contribution in [0.25, 0.3) is 11.6 Å². The largest absolute Gasteiger partial charge is 0.508 e. The Kier molecular flexibility index (Phi) is 10.1. The van der Waals surface area contributed by atoms with Crippen LogP contribution >= 0.6 is 0 Å². The summed E-state index contributed by atoms with van der Waals surface area (Å²) in [5, 5.41) is 32.3. The Bertz CT molecular complexity index is 1750. The van der Waals surface area contributed by atoms with Gasteiger partial charge >= 0.3 is 12.4 Å². The lowest BCUT2D eigenvalue weighted by atomic mass is 9.66. The van der Waals surface area contributed by atoms with Gasteiger partial charge in [-0.25, -0.2) is 4.90 Å². The molecule has 0 radical (unpaired) electrons. The van der Waals surface area contributed by atoms with Crippen molar-refractivity contribution in [3.05, 3.63) is 106 Å². The number of carbonyl (C=O) groups is 2. The molecule has 3 aromatic rings. The number of halogens is 6. The maximum absolute atomic E-state index is 13.9. The average molecular weight is 688 g/mol. The maximum Gasteiger partial charge on any atom is 0.416 e. The predicted molar refractivity (Wildman–Crippen MR) is 171 cm³/mol. The van der Waals surface area contributed by atoms with Crippen molar-refractivity contribution in [1.82, 2.24) is 0 Å². The summed E-state index contributed by atoms with van der Waals surface area (Å²) in [6, 6.07) is 16.5. The minimum absolute atomic E-state index is 0.0674. The number of fused-ring (bicyclic) bond motifs is 1. The maximum atomic E-state index is 13.9. The minimum Gasteiger partial charge on any atom is -0.508 e. The summed E-state index contributed by atoms with van der Waals surface area (Å²) in [5.74, 6) is -5.80. The third-order valence-corrected chi connectivity index (χ3v) is 9.25. The van der Waals surface area contributed by atoms with Crippen LogP contribution in [-0.4, -0.2) is 39.8 Å². The summed E-state index contributed by atoms with van der Waals surface area (Å²) in [5.41, 5.74) is -0.892. The van der Waals surface area contributed by atoms with E-state index in [2.05, 4.69) is 0 Å². The van der Waals surface area contributed by atoms with Crippen LogP contribution in [-0.2, 0) is 21.9 Å². The van der Waals surface area contributed by atoms with E-state index in [1.54, 1.807) is 32.0 Å². The molecule has 1 heterocycles. The number of alkyl halides is 6. The van der Waals surface area contributed by atoms with Gasteiger partial charge in [-0.2, -0.15) is 26.3 Å². The molecule has 5 rings (SSSR count). The fourth-order valence-electron chi connectivity index (χ4n) is 6.98. The molecule has 4 atom stereocenters. The van der Waals surface area contributed by atoms with Crippen LogP contribution in [0.2, 0.25) is 0 Å². The minimum atomic E-state index is -5.19. The van der Waals surface area contributed by atoms with Crippen LogP contribution in [0.5, 0.6) is 5.75 Å². The smallest absolute Gasteiger partial charge is 0.416 e. The van der Waals surface area contributed by atoms with Crippen LogP contribution < -0.4 is 4.90 Å². The van der Waals surface area contributed by atoms with E-state index in [0.29, 0.717) is 40.2 Å². The third-order valence-electron chi connectivity index (χ3n) is 9.25. The summed E-state index contributed by atoms with van der Waals surface area (Å²) < 4.78 is 81.9. The topological polar surface area (TPSA) is 98.1 Å². The van der Waals surface area contributed by atoms with E-state index >= 15 is 0 Å². The van der Waals surface area contributed by atoms with E-state index in [4.69, 9.17) is 0 Å². The molecule has 0 spiro atoms. The number of phenols is 1. The summed E-state index contributed by atoms with van der Waals surface area (Å²) in [7, 11) is 0. The van der Waals surface area contributed by atoms with E-state index in [-0.39, 0.29) is 30.6 Å². The predicted octanol–water partition coefficient (Wildman–Crippen LogP) is 7.88. The SMILES string of the molecule is CC(C)C1=C([C@H](O)CC/C(=C/c2cccc(O)c2)c2ccccc2)[C@H](CO)[C@@H]2C(=O)N(c3cc(C(F)(F)F)cc(C(F)(F)F)c3)C(=O)[C@@H]2C1. The van der Waals surface area contributed by atoms with Crippen LogP contribution in [0.4, 0.5) is 32.0 Å². The van der Waals surface area contributed by atoms with Crippen LogP contribution in [0, 0.1) is 23.7 Å². The van der Waals surface area contributed by atoms with Crippen molar-refractivity contribution in [2.45, 2.75) is 51.6 Å². The van der Waals surface area contributed by atoms with Gasteiger partial charge in [0.2, 0.25) is 11.8 Å². The van der Waals surface area contributed by atoms with Gasteiger partial charge in [-0.15, -0.1) is 0 Å². The highest BCUT2D eigenvalue weighted by atomic mass is 19.4. The van der Waals surface area contributed by atoms with Gasteiger partial charge in [0.05, 0.1) is 41.4 Å². The van der Waals surface area contributed by atoms with Gasteiger partial charge < -0.3 is 15.3 Å². The average Bonchev–Trinajstić information content (AvgIpc) is 3.30. The normalized spacial score (nSPS) is 21.1. The first-order valence-electron chi connectivity index (χ1n) is 15.7. The molecule has 0 bridgehead atoms. The molecule has 6 nitrogen and oxygen atoms in total. The van der Waals surface area contributed by atoms with E-state index in [1.165, 1.54) is 6.07 Å². The highest BCUT2D eigenvalue weighted by Gasteiger charge is 2.56. The lowest BCUT2D eigenvalue weighted by Crippen LogP contribution is -2.40. The first-order valence-corrected chi connectivity index (χ1v) is 15.7. The number of aliphatic hydroxyl groups excluding tert-OH is 2. The second-order valence-electron chi connectivity index (χ2n) is 12.7. The number of amides is 2. The lowest BCUT2D eigenvalue weighted by Gasteiger charge is -2.38. The number of hydrogen-bond acceptors (Lipinski definition) is 5. The molecule has 12 heteroatoms. The highest BCUT2D eigenvalue weighted by molar-refractivity contribution is 6.22. The number of aliphatic hydroxyl groups is 2. The van der Waals surface area contributed by atoms with Gasteiger partial charge in [0.1, 0.15) is 5.75 Å². The van der Waals surface area contributed by atoms with Crippen molar-refractivity contribution in [1.29, 1.82) is 0 Å². The van der Waals surface area contributed by atoms with Gasteiger partial charge in [0.25, 0.3) is 0 Å². The number of allylic oxidation sites excluding steroid dienone is 2. The molecule has 1 saturated heterocycles. The van der Waals surface area contributed by atoms with Crippen molar-refractivity contribution in [3.8, 4) is 5.75 Å². The molecule has 0 saturated carbocycles. The van der Waals surface area contributed by atoms with Gasteiger partial charge in [0, 0.05) is 5.92 Å². The number of rotatable bonds is 9. The van der Waals surface area contributed by atoms with Gasteiger partial charge in [-0.05, 0) is 77.8 Å². The first kappa shape index (κ1) is 35.9. The number of aromatic hydroxyl groups is 1. The lowest BCUT2D eigenvalue weighted by molar-refractivity contribution is -0.143. The van der Waals surface area contributed by atoms with Crippen molar-refractivity contribution >= 4 is 29.2 Å². The third kappa shape index (κ3) is 7.45. The molecule has 3 N–H and O–H groups in total. The summed E-state index contributed by atoms with van der Waals surface area (Å²) in [6.45, 7) is 2.91. The van der Waals surface area contributed by atoms with Crippen LogP contribution in [0.3, 0.4) is 0 Å². The standard InChI is InChI=1S/C37H35F6NO5/c1-20(2)28-18-29-33(35(49)44(34(29)48)26-16-24(36(38,39)40)15-25(17-26)37(41,42)43)30(19-45)32(28)31(47)12-11-23(22-8-4-3-5-9-22)13-21-7-6-10-27(46)14-21/h3-10,13-17,20,29-31,33,45-47H,11-12,18-19H2,1-2H3/b23-13-/t29-,30+,31-,33-/m1/s1. The zero-order valence-electron chi connectivity index (χ0n) is 26.6. The molecule has 1 aliphatic carbocycles. The van der Waals surface area contributed by atoms with Crippen molar-refractivity contribution < 1.29 is 51.3 Å². The second kappa shape index (κ2) is 13.8. The van der Waals surface area contributed by atoms with E-state index in [1.807, 2.05) is 36.4 Å². The molecule has 0 unspecified atom stereocenters. The summed E-state index contributed by atoms with van der Waals surface area (Å²) in [4.78, 5) is 27.9. The number of anilines is 1. The van der Waals surface area contributed by atoms with Crippen LogP contribution in [0.1, 0.15) is 55.4 Å². The molecule has 2 aliphatic rings. The number of benzene rings is 3. The zero-order valence-corrected chi connectivity index (χ0v) is 26.6. The number of nitrogens with zero attached hydrogens (tertiary/aromatic N) is 1. The van der Waals surface area contributed by atoms with Crippen molar-refractivity contribution in [2.75, 3.05) is 11.5 Å². The fraction of sp³-hybridized carbons (Fsp3) is 0.351. The first-order chi connectivity index (χ1) is 23.0. The molecule has 2 amide bonds. The highest BCUT2D eigenvalue weighted by Crippen LogP contribution is 2.50. The van der Waals surface area contributed by atoms with Crippen molar-refractivity contribution in [3.63, 3.8) is 0 Å². The molecule has 49 heavy (non-hydrogen) atoms. The Morgan fingerprint density at radius 3 is 2.08 bits per heavy atom. The Morgan fingerprint density at radius 2 is 1.53 bits per heavy atom. The van der Waals surface area contributed by atoms with Gasteiger partial charge in [-0.3, -0.25) is 9.59 Å². The van der Waals surface area contributed by atoms with E-state index < -0.39 is 71.4 Å². The van der Waals surface area contributed by atoms with Gasteiger partial charge in [-0.1, -0.05) is 68.0 Å². The van der Waals surface area contributed by atoms with Gasteiger partial charge in [0.15, 0.2) is 0 Å². The molecule has 260 valence electrons. The quantitative estimate of drug-likeness (QED) is 0.0921. The number of carbonyl (C=O) groups excluding carboxylic acids is 2. The molecule has 1 aliphatic heterocycles. The Morgan fingerprint density at radius 1 is 0.898 bits per heavy atom. The van der Waals surface area contributed by atoms with Crippen molar-refractivity contribution in [2.24, 2.45) is 23.7 Å². The molecule has 0 aromatic heterocycles. The molecular weight excluding hydrogens is 652 g/mol. The fourth-order valence-corrected chi connectivity index (χ4v) is 6.98. The monoisotopic (exact) mass is 687 g/mol. The Hall–Kier alpha value is -4.42. The molecular formula is C37H35F6NO5. The number of imide groups is 1. The van der Waals surface area contributed by atoms with E-state index in [9.17, 15) is 51.3 Å². The number of hydrogen-bond donors (Lipinski definition) is 3. The Labute approximate surface area is 279 Å². The summed E-state index contributed by atoms with van der Waals surface area (Å²) >= 11 is 0. The Balaban J connectivity index is 1.50. The second-order valence-corrected chi connectivity index (χ2v) is 12.7. The molecule has 1 fully saturated rings. The van der Waals surface area contributed by atoms with Crippen LogP contribution in [0.15, 0.2) is 83.9 Å². The zero-order chi connectivity index (χ0) is 35.8.